The molecule has 0 aromatic heterocycles. The minimum atomic E-state index is -3.24. The average molecular weight is 313 g/mol. The lowest BCUT2D eigenvalue weighted by molar-refractivity contribution is 0.588. The minimum Gasteiger partial charge on any atom is -0.223 e. The summed E-state index contributed by atoms with van der Waals surface area (Å²) in [5.74, 6) is 0. The summed E-state index contributed by atoms with van der Waals surface area (Å²) in [5.41, 5.74) is 0. The number of hydrogen-bond acceptors (Lipinski definition) is 2. The largest absolute Gasteiger partial charge is 0.223 e. The van der Waals surface area contributed by atoms with Crippen molar-refractivity contribution in [2.24, 2.45) is 0 Å². The molecule has 0 atom stereocenters. The maximum atomic E-state index is 12.2. The topological polar surface area (TPSA) is 34.1 Å². The Labute approximate surface area is 110 Å². The Morgan fingerprint density at radius 2 is 1.59 bits per heavy atom. The summed E-state index contributed by atoms with van der Waals surface area (Å²) in [4.78, 5) is 0.409. The first-order chi connectivity index (χ1) is 7.94. The number of sulfone groups is 1. The molecule has 90 valence electrons. The van der Waals surface area contributed by atoms with Crippen LogP contribution >= 0.6 is 15.9 Å². The lowest BCUT2D eigenvalue weighted by Gasteiger charge is -2.11. The van der Waals surface area contributed by atoms with Crippen LogP contribution in [0.5, 0.6) is 0 Å². The number of halogens is 1. The summed E-state index contributed by atoms with van der Waals surface area (Å²) in [6.07, 6.45) is 0. The van der Waals surface area contributed by atoms with E-state index in [1.54, 1.807) is 26.0 Å². The van der Waals surface area contributed by atoms with Crippen molar-refractivity contribution in [2.45, 2.75) is 24.0 Å². The molecule has 0 saturated heterocycles. The summed E-state index contributed by atoms with van der Waals surface area (Å²) in [5, 5.41) is 1.29. The van der Waals surface area contributed by atoms with E-state index < -0.39 is 15.1 Å². The third-order valence-electron chi connectivity index (χ3n) is 2.76. The van der Waals surface area contributed by atoms with Crippen LogP contribution in [0.15, 0.2) is 45.8 Å². The predicted octanol–water partition coefficient (Wildman–Crippen LogP) is 3.78. The van der Waals surface area contributed by atoms with E-state index >= 15 is 0 Å². The molecule has 0 aliphatic heterocycles. The molecule has 0 N–H and O–H groups in total. The minimum absolute atomic E-state index is 0.409. The van der Waals surface area contributed by atoms with Crippen LogP contribution in [0.4, 0.5) is 0 Å². The smallest absolute Gasteiger partial charge is 0.181 e. The summed E-state index contributed by atoms with van der Waals surface area (Å²) in [7, 11) is -3.24. The van der Waals surface area contributed by atoms with Crippen molar-refractivity contribution in [3.05, 3.63) is 40.9 Å². The van der Waals surface area contributed by atoms with Crippen molar-refractivity contribution in [1.82, 2.24) is 0 Å². The maximum absolute atomic E-state index is 12.2. The molecular formula is C13H13BrO2S. The Bertz CT molecular complexity index is 660. The first kappa shape index (κ1) is 12.6. The maximum Gasteiger partial charge on any atom is 0.181 e. The molecular weight excluding hydrogens is 300 g/mol. The lowest BCUT2D eigenvalue weighted by Crippen LogP contribution is -2.14. The first-order valence-corrected chi connectivity index (χ1v) is 7.69. The van der Waals surface area contributed by atoms with Gasteiger partial charge in [-0.2, -0.15) is 0 Å². The summed E-state index contributed by atoms with van der Waals surface area (Å²) in [6, 6.07) is 11.0. The average Bonchev–Trinajstić information content (AvgIpc) is 2.29. The van der Waals surface area contributed by atoms with E-state index in [1.165, 1.54) is 0 Å². The molecule has 0 saturated carbocycles. The summed E-state index contributed by atoms with van der Waals surface area (Å²) >= 11 is 3.44. The third kappa shape index (κ3) is 2.11. The number of benzene rings is 2. The fraction of sp³-hybridized carbons (Fsp3) is 0.231. The normalized spacial score (nSPS) is 12.2. The van der Waals surface area contributed by atoms with Crippen molar-refractivity contribution in [2.75, 3.05) is 0 Å². The second-order valence-corrected chi connectivity index (χ2v) is 7.51. The molecule has 0 aliphatic carbocycles. The molecule has 0 radical (unpaired) electrons. The molecule has 0 fully saturated rings. The Morgan fingerprint density at radius 3 is 2.18 bits per heavy atom. The first-order valence-electron chi connectivity index (χ1n) is 5.35. The highest BCUT2D eigenvalue weighted by atomic mass is 79.9. The molecule has 0 unspecified atom stereocenters. The van der Waals surface area contributed by atoms with E-state index in [1.807, 2.05) is 24.3 Å². The molecule has 0 bridgehead atoms. The Morgan fingerprint density at radius 1 is 1.00 bits per heavy atom. The highest BCUT2D eigenvalue weighted by Gasteiger charge is 2.21. The van der Waals surface area contributed by atoms with Crippen LogP contribution in [-0.2, 0) is 9.84 Å². The van der Waals surface area contributed by atoms with Gasteiger partial charge in [0.2, 0.25) is 0 Å². The second-order valence-electron chi connectivity index (χ2n) is 4.18. The van der Waals surface area contributed by atoms with Crippen LogP contribution in [0.25, 0.3) is 10.8 Å². The Hall–Kier alpha value is -0.870. The van der Waals surface area contributed by atoms with Gasteiger partial charge in [-0.3, -0.25) is 0 Å². The van der Waals surface area contributed by atoms with Gasteiger partial charge in [-0.15, -0.1) is 0 Å². The Kier molecular flexibility index (Phi) is 3.27. The highest BCUT2D eigenvalue weighted by Crippen LogP contribution is 2.31. The van der Waals surface area contributed by atoms with Gasteiger partial charge < -0.3 is 0 Å². The van der Waals surface area contributed by atoms with Gasteiger partial charge in [0.15, 0.2) is 9.84 Å². The van der Waals surface area contributed by atoms with E-state index in [0.717, 1.165) is 15.2 Å². The Balaban J connectivity index is 2.86. The molecule has 2 aromatic rings. The second kappa shape index (κ2) is 4.42. The van der Waals surface area contributed by atoms with Crippen LogP contribution in [0.2, 0.25) is 0 Å². The summed E-state index contributed by atoms with van der Waals surface area (Å²) in [6.45, 7) is 3.40. The molecule has 0 amide bonds. The standard InChI is InChI=1S/C13H13BrO2S/c1-9(2)17(15,16)13-8-7-12(14)10-5-3-4-6-11(10)13/h3-9H,1-2H3. The number of hydrogen-bond donors (Lipinski definition) is 0. The van der Waals surface area contributed by atoms with Crippen LogP contribution < -0.4 is 0 Å². The zero-order chi connectivity index (χ0) is 12.6. The molecule has 2 rings (SSSR count). The quantitative estimate of drug-likeness (QED) is 0.845. The molecule has 2 aromatic carbocycles. The zero-order valence-electron chi connectivity index (χ0n) is 9.64. The van der Waals surface area contributed by atoms with Crippen molar-refractivity contribution >= 4 is 36.5 Å². The van der Waals surface area contributed by atoms with Gasteiger partial charge in [0.05, 0.1) is 10.1 Å². The molecule has 4 heteroatoms. The molecule has 0 spiro atoms. The number of rotatable bonds is 2. The van der Waals surface area contributed by atoms with E-state index in [9.17, 15) is 8.42 Å². The van der Waals surface area contributed by atoms with Gasteiger partial charge in [0.1, 0.15) is 0 Å². The van der Waals surface area contributed by atoms with Gasteiger partial charge in [-0.1, -0.05) is 40.2 Å². The SMILES string of the molecule is CC(C)S(=O)(=O)c1ccc(Br)c2ccccc12. The van der Waals surface area contributed by atoms with Crippen molar-refractivity contribution in [3.8, 4) is 0 Å². The summed E-state index contributed by atoms with van der Waals surface area (Å²) < 4.78 is 25.4. The lowest BCUT2D eigenvalue weighted by atomic mass is 10.1. The molecule has 17 heavy (non-hydrogen) atoms. The monoisotopic (exact) mass is 312 g/mol. The fourth-order valence-electron chi connectivity index (χ4n) is 1.74. The van der Waals surface area contributed by atoms with Crippen LogP contribution in [0, 0.1) is 0 Å². The molecule has 0 aliphatic rings. The van der Waals surface area contributed by atoms with Crippen LogP contribution in [-0.4, -0.2) is 13.7 Å². The number of fused-ring (bicyclic) bond motifs is 1. The predicted molar refractivity (Wildman–Crippen MR) is 74.0 cm³/mol. The van der Waals surface area contributed by atoms with Crippen LogP contribution in [0.1, 0.15) is 13.8 Å². The molecule has 0 heterocycles. The highest BCUT2D eigenvalue weighted by molar-refractivity contribution is 9.10. The van der Waals surface area contributed by atoms with Crippen molar-refractivity contribution < 1.29 is 8.42 Å². The van der Waals surface area contributed by atoms with E-state index in [2.05, 4.69) is 15.9 Å². The zero-order valence-corrected chi connectivity index (χ0v) is 12.0. The fourth-order valence-corrected chi connectivity index (χ4v) is 3.46. The van der Waals surface area contributed by atoms with Gasteiger partial charge in [-0.25, -0.2) is 8.42 Å². The van der Waals surface area contributed by atoms with Crippen LogP contribution in [0.3, 0.4) is 0 Å². The van der Waals surface area contributed by atoms with Crippen molar-refractivity contribution in [1.29, 1.82) is 0 Å². The van der Waals surface area contributed by atoms with Gasteiger partial charge in [0.25, 0.3) is 0 Å². The van der Waals surface area contributed by atoms with E-state index in [-0.39, 0.29) is 0 Å². The van der Waals surface area contributed by atoms with Crippen molar-refractivity contribution in [3.63, 3.8) is 0 Å². The third-order valence-corrected chi connectivity index (χ3v) is 5.66. The van der Waals surface area contributed by atoms with Gasteiger partial charge in [0, 0.05) is 9.86 Å². The van der Waals surface area contributed by atoms with Gasteiger partial charge in [-0.05, 0) is 31.4 Å². The van der Waals surface area contributed by atoms with E-state index in [0.29, 0.717) is 4.90 Å². The molecule has 2 nitrogen and oxygen atoms in total. The van der Waals surface area contributed by atoms with E-state index in [4.69, 9.17) is 0 Å². The van der Waals surface area contributed by atoms with Gasteiger partial charge >= 0.3 is 0 Å².